The van der Waals surface area contributed by atoms with Gasteiger partial charge in [0, 0.05) is 19.1 Å². The van der Waals surface area contributed by atoms with E-state index < -0.39 is 8.07 Å². The van der Waals surface area contributed by atoms with Crippen molar-refractivity contribution < 1.29 is 9.47 Å². The minimum Gasteiger partial charge on any atom is -0.384 e. The summed E-state index contributed by atoms with van der Waals surface area (Å²) in [6.07, 6.45) is 7.75. The summed E-state index contributed by atoms with van der Waals surface area (Å²) in [6.45, 7) is 4.46. The first-order valence-electron chi connectivity index (χ1n) is 13.5. The van der Waals surface area contributed by atoms with Gasteiger partial charge in [-0.05, 0) is 53.7 Å². The molecule has 35 heavy (non-hydrogen) atoms. The van der Waals surface area contributed by atoms with Crippen LogP contribution in [0.15, 0.2) is 91.0 Å². The molecule has 1 saturated carbocycles. The van der Waals surface area contributed by atoms with Crippen LogP contribution in [0.3, 0.4) is 0 Å². The Kier molecular flexibility index (Phi) is 9.36. The minimum absolute atomic E-state index is 0.0573. The molecule has 3 heteroatoms. The average Bonchev–Trinajstić information content (AvgIpc) is 2.94. The molecule has 0 heterocycles. The molecule has 1 aliphatic rings. The standard InChI is InChI=1S/C32H42O2Si/c1-3-34-27-32(26-33-2,28-16-8-4-9-17-28)24-25-35(29-18-10-5-11-19-29,30-20-12-6-13-21-30)31-22-14-7-15-23-31/h5-7,10-15,18-23,28H,3-4,8-9,16-17,24-27H2,1-2H3. The summed E-state index contributed by atoms with van der Waals surface area (Å²) in [5.74, 6) is 0.664. The van der Waals surface area contributed by atoms with Gasteiger partial charge in [-0.15, -0.1) is 0 Å². The lowest BCUT2D eigenvalue weighted by Crippen LogP contribution is -2.67. The summed E-state index contributed by atoms with van der Waals surface area (Å²) in [5, 5.41) is 4.47. The molecule has 0 bridgehead atoms. The van der Waals surface area contributed by atoms with Crippen LogP contribution in [-0.4, -0.2) is 35.0 Å². The summed E-state index contributed by atoms with van der Waals surface area (Å²) in [6, 6.07) is 35.1. The molecule has 3 aromatic rings. The van der Waals surface area contributed by atoms with E-state index in [4.69, 9.17) is 9.47 Å². The highest BCUT2D eigenvalue weighted by Crippen LogP contribution is 2.44. The highest BCUT2D eigenvalue weighted by Gasteiger charge is 2.45. The molecule has 1 fully saturated rings. The van der Waals surface area contributed by atoms with Crippen LogP contribution >= 0.6 is 0 Å². The van der Waals surface area contributed by atoms with Crippen molar-refractivity contribution in [3.63, 3.8) is 0 Å². The van der Waals surface area contributed by atoms with Gasteiger partial charge in [0.25, 0.3) is 0 Å². The Labute approximate surface area is 213 Å². The van der Waals surface area contributed by atoms with Crippen molar-refractivity contribution >= 4 is 23.6 Å². The van der Waals surface area contributed by atoms with Gasteiger partial charge in [-0.3, -0.25) is 0 Å². The fraction of sp³-hybridized carbons (Fsp3) is 0.438. The summed E-state index contributed by atoms with van der Waals surface area (Å²) in [7, 11) is -0.402. The average molecular weight is 487 g/mol. The first-order chi connectivity index (χ1) is 17.2. The topological polar surface area (TPSA) is 18.5 Å². The van der Waals surface area contributed by atoms with Crippen LogP contribution in [0.4, 0.5) is 0 Å². The van der Waals surface area contributed by atoms with Crippen molar-refractivity contribution in [2.45, 2.75) is 51.5 Å². The smallest absolute Gasteiger partial charge is 0.148 e. The van der Waals surface area contributed by atoms with Gasteiger partial charge in [0.2, 0.25) is 0 Å². The van der Waals surface area contributed by atoms with Crippen LogP contribution in [0, 0.1) is 11.3 Å². The lowest BCUT2D eigenvalue weighted by Gasteiger charge is -2.45. The minimum atomic E-state index is -2.28. The summed E-state index contributed by atoms with van der Waals surface area (Å²) >= 11 is 0. The molecule has 0 N–H and O–H groups in total. The lowest BCUT2D eigenvalue weighted by molar-refractivity contribution is -0.0535. The SMILES string of the molecule is CCOCC(CC[Si](c1ccccc1)(c1ccccc1)c1ccccc1)(COC)C1CCCCC1. The highest BCUT2D eigenvalue weighted by molar-refractivity contribution is 7.11. The molecular formula is C32H42O2Si. The van der Waals surface area contributed by atoms with E-state index in [0.717, 1.165) is 32.3 Å². The maximum atomic E-state index is 6.22. The van der Waals surface area contributed by atoms with E-state index >= 15 is 0 Å². The number of rotatable bonds is 12. The summed E-state index contributed by atoms with van der Waals surface area (Å²) < 4.78 is 12.2. The van der Waals surface area contributed by atoms with Crippen LogP contribution in [-0.2, 0) is 9.47 Å². The van der Waals surface area contributed by atoms with E-state index in [0.29, 0.717) is 5.92 Å². The number of benzene rings is 3. The summed E-state index contributed by atoms with van der Waals surface area (Å²) in [5.41, 5.74) is 0.0573. The fourth-order valence-corrected chi connectivity index (χ4v) is 11.5. The molecule has 1 aliphatic carbocycles. The van der Waals surface area contributed by atoms with E-state index in [1.165, 1.54) is 47.7 Å². The highest BCUT2D eigenvalue weighted by atomic mass is 28.3. The predicted molar refractivity (Wildman–Crippen MR) is 151 cm³/mol. The first kappa shape index (κ1) is 25.9. The van der Waals surface area contributed by atoms with Crippen LogP contribution < -0.4 is 15.6 Å². The Morgan fingerprint density at radius 2 is 1.20 bits per heavy atom. The third-order valence-corrected chi connectivity index (χ3v) is 13.3. The van der Waals surface area contributed by atoms with Crippen molar-refractivity contribution in [3.8, 4) is 0 Å². The number of hydrogen-bond donors (Lipinski definition) is 0. The van der Waals surface area contributed by atoms with Gasteiger partial charge < -0.3 is 9.47 Å². The fourth-order valence-electron chi connectivity index (χ4n) is 6.47. The molecular weight excluding hydrogens is 444 g/mol. The van der Waals surface area contributed by atoms with Crippen molar-refractivity contribution in [3.05, 3.63) is 91.0 Å². The van der Waals surface area contributed by atoms with Gasteiger partial charge in [-0.25, -0.2) is 0 Å². The number of hydrogen-bond acceptors (Lipinski definition) is 2. The van der Waals surface area contributed by atoms with Crippen LogP contribution in [0.25, 0.3) is 0 Å². The van der Waals surface area contributed by atoms with Crippen LogP contribution in [0.1, 0.15) is 45.4 Å². The second-order valence-electron chi connectivity index (χ2n) is 10.3. The maximum Gasteiger partial charge on any atom is 0.148 e. The van der Waals surface area contributed by atoms with Gasteiger partial charge in [0.15, 0.2) is 0 Å². The zero-order valence-corrected chi connectivity index (χ0v) is 22.6. The van der Waals surface area contributed by atoms with Crippen molar-refractivity contribution in [2.24, 2.45) is 11.3 Å². The second-order valence-corrected chi connectivity index (χ2v) is 14.3. The Morgan fingerprint density at radius 3 is 1.63 bits per heavy atom. The maximum absolute atomic E-state index is 6.22. The van der Waals surface area contributed by atoms with E-state index in [-0.39, 0.29) is 5.41 Å². The molecule has 1 atom stereocenters. The van der Waals surface area contributed by atoms with Crippen LogP contribution in [0.2, 0.25) is 6.04 Å². The molecule has 3 aromatic carbocycles. The Balaban J connectivity index is 1.82. The Hall–Kier alpha value is -2.20. The molecule has 0 saturated heterocycles. The predicted octanol–water partition coefficient (Wildman–Crippen LogP) is 5.80. The first-order valence-corrected chi connectivity index (χ1v) is 15.7. The molecule has 2 nitrogen and oxygen atoms in total. The van der Waals surface area contributed by atoms with Crippen molar-refractivity contribution in [1.82, 2.24) is 0 Å². The molecule has 0 amide bonds. The van der Waals surface area contributed by atoms with Gasteiger partial charge >= 0.3 is 0 Å². The van der Waals surface area contributed by atoms with Crippen LogP contribution in [0.5, 0.6) is 0 Å². The zero-order valence-electron chi connectivity index (χ0n) is 21.6. The molecule has 0 aromatic heterocycles. The quantitative estimate of drug-likeness (QED) is 0.238. The largest absolute Gasteiger partial charge is 0.384 e. The molecule has 0 aliphatic heterocycles. The van der Waals surface area contributed by atoms with E-state index in [1.54, 1.807) is 0 Å². The van der Waals surface area contributed by atoms with E-state index in [9.17, 15) is 0 Å². The van der Waals surface area contributed by atoms with E-state index in [1.807, 2.05) is 7.11 Å². The van der Waals surface area contributed by atoms with Gasteiger partial charge in [-0.1, -0.05) is 110 Å². The van der Waals surface area contributed by atoms with Crippen molar-refractivity contribution in [2.75, 3.05) is 26.9 Å². The second kappa shape index (κ2) is 12.7. The zero-order chi connectivity index (χ0) is 24.4. The third kappa shape index (κ3) is 5.80. The third-order valence-electron chi connectivity index (χ3n) is 8.29. The van der Waals surface area contributed by atoms with Crippen molar-refractivity contribution in [1.29, 1.82) is 0 Å². The lowest BCUT2D eigenvalue weighted by atomic mass is 9.68. The molecule has 4 rings (SSSR count). The summed E-state index contributed by atoms with van der Waals surface area (Å²) in [4.78, 5) is 0. The monoisotopic (exact) mass is 486 g/mol. The number of methoxy groups -OCH3 is 1. The Bertz CT molecular complexity index is 889. The van der Waals surface area contributed by atoms with Gasteiger partial charge in [0.1, 0.15) is 8.07 Å². The molecule has 0 spiro atoms. The normalized spacial score (nSPS) is 16.6. The van der Waals surface area contributed by atoms with Gasteiger partial charge in [0.05, 0.1) is 13.2 Å². The number of ether oxygens (including phenoxy) is 2. The Morgan fingerprint density at radius 1 is 0.714 bits per heavy atom. The van der Waals surface area contributed by atoms with Gasteiger partial charge in [-0.2, -0.15) is 0 Å². The molecule has 186 valence electrons. The molecule has 1 unspecified atom stereocenters. The molecule has 0 radical (unpaired) electrons. The van der Waals surface area contributed by atoms with E-state index in [2.05, 4.69) is 97.9 Å².